The minimum Gasteiger partial charge on any atom is -0.380 e. The van der Waals surface area contributed by atoms with E-state index in [1.54, 1.807) is 48.8 Å². The molecule has 1 heterocycles. The van der Waals surface area contributed by atoms with E-state index in [4.69, 9.17) is 0 Å². The molecule has 28 heavy (non-hydrogen) atoms. The number of pyridine rings is 1. The van der Waals surface area contributed by atoms with Gasteiger partial charge in [0.15, 0.2) is 0 Å². The van der Waals surface area contributed by atoms with E-state index in [0.717, 1.165) is 5.56 Å². The van der Waals surface area contributed by atoms with Crippen molar-refractivity contribution in [2.75, 3.05) is 10.6 Å². The Bertz CT molecular complexity index is 1040. The van der Waals surface area contributed by atoms with Crippen molar-refractivity contribution < 1.29 is 9.72 Å². The first-order chi connectivity index (χ1) is 13.6. The third-order valence-electron chi connectivity index (χ3n) is 3.97. The van der Waals surface area contributed by atoms with Gasteiger partial charge < -0.3 is 10.6 Å². The molecule has 0 saturated carbocycles. The molecule has 8 heteroatoms. The van der Waals surface area contributed by atoms with E-state index >= 15 is 0 Å². The molecular formula is C20H15N5O3. The smallest absolute Gasteiger partial charge is 0.270 e. The molecule has 0 aliphatic rings. The summed E-state index contributed by atoms with van der Waals surface area (Å²) in [6, 6.07) is 16.4. The molecule has 0 aliphatic heterocycles. The zero-order valence-corrected chi connectivity index (χ0v) is 14.6. The zero-order valence-electron chi connectivity index (χ0n) is 14.6. The van der Waals surface area contributed by atoms with E-state index in [0.29, 0.717) is 23.5 Å². The molecule has 0 saturated heterocycles. The van der Waals surface area contributed by atoms with Crippen LogP contribution < -0.4 is 10.6 Å². The van der Waals surface area contributed by atoms with Crippen molar-refractivity contribution in [3.05, 3.63) is 93.8 Å². The molecule has 3 rings (SSSR count). The topological polar surface area (TPSA) is 121 Å². The number of hydrogen-bond donors (Lipinski definition) is 2. The van der Waals surface area contributed by atoms with Gasteiger partial charge in [-0.15, -0.1) is 0 Å². The maximum atomic E-state index is 12.2. The fourth-order valence-corrected chi connectivity index (χ4v) is 2.50. The molecule has 0 radical (unpaired) electrons. The Morgan fingerprint density at radius 1 is 1.11 bits per heavy atom. The summed E-state index contributed by atoms with van der Waals surface area (Å²) in [6.07, 6.45) is 3.19. The molecule has 0 aliphatic carbocycles. The Morgan fingerprint density at radius 3 is 2.46 bits per heavy atom. The highest BCUT2D eigenvalue weighted by molar-refractivity contribution is 6.04. The Morgan fingerprint density at radius 2 is 1.82 bits per heavy atom. The van der Waals surface area contributed by atoms with Crippen LogP contribution in [0, 0.1) is 21.4 Å². The van der Waals surface area contributed by atoms with E-state index in [2.05, 4.69) is 15.6 Å². The number of rotatable bonds is 6. The van der Waals surface area contributed by atoms with E-state index < -0.39 is 4.92 Å². The highest BCUT2D eigenvalue weighted by Crippen LogP contribution is 2.22. The number of non-ortho nitro benzene ring substituents is 1. The lowest BCUT2D eigenvalue weighted by Gasteiger charge is -2.09. The number of carbonyl (C=O) groups excluding carboxylic acids is 1. The molecule has 2 aromatic carbocycles. The lowest BCUT2D eigenvalue weighted by Crippen LogP contribution is -2.12. The molecule has 0 fully saturated rings. The van der Waals surface area contributed by atoms with Crippen LogP contribution in [0.5, 0.6) is 0 Å². The third kappa shape index (κ3) is 4.47. The van der Waals surface area contributed by atoms with Crippen LogP contribution in [0.4, 0.5) is 17.1 Å². The highest BCUT2D eigenvalue weighted by Gasteiger charge is 2.11. The number of benzene rings is 2. The Labute approximate surface area is 160 Å². The van der Waals surface area contributed by atoms with E-state index in [-0.39, 0.29) is 17.2 Å². The Kier molecular flexibility index (Phi) is 5.58. The van der Waals surface area contributed by atoms with Crippen molar-refractivity contribution in [3.63, 3.8) is 0 Å². The van der Waals surface area contributed by atoms with Crippen molar-refractivity contribution in [3.8, 4) is 6.07 Å². The second-order valence-corrected chi connectivity index (χ2v) is 5.84. The number of carbonyl (C=O) groups is 1. The van der Waals surface area contributed by atoms with Gasteiger partial charge in [0.25, 0.3) is 11.6 Å². The van der Waals surface area contributed by atoms with Crippen molar-refractivity contribution >= 4 is 23.0 Å². The summed E-state index contributed by atoms with van der Waals surface area (Å²) < 4.78 is 0. The van der Waals surface area contributed by atoms with Gasteiger partial charge in [-0.3, -0.25) is 19.9 Å². The number of amides is 1. The van der Waals surface area contributed by atoms with Gasteiger partial charge >= 0.3 is 0 Å². The van der Waals surface area contributed by atoms with Crippen molar-refractivity contribution in [1.29, 1.82) is 5.26 Å². The first kappa shape index (κ1) is 18.5. The minimum absolute atomic E-state index is 0.133. The van der Waals surface area contributed by atoms with Crippen LogP contribution in [0.15, 0.2) is 67.0 Å². The SMILES string of the molecule is N#Cc1cc([N+](=O)[O-])ccc1NCc1ccc(C(=O)Nc2ccncc2)cc1. The van der Waals surface area contributed by atoms with Gasteiger partial charge in [-0.1, -0.05) is 12.1 Å². The van der Waals surface area contributed by atoms with Crippen LogP contribution in [0.1, 0.15) is 21.5 Å². The normalized spacial score (nSPS) is 9.96. The standard InChI is InChI=1S/C20H15N5O3/c21-12-16-11-18(25(27)28)5-6-19(16)23-13-14-1-3-15(4-2-14)20(26)24-17-7-9-22-10-8-17/h1-11,23H,13H2,(H,22,24,26). The maximum Gasteiger partial charge on any atom is 0.270 e. The van der Waals surface area contributed by atoms with Crippen LogP contribution in [-0.4, -0.2) is 15.8 Å². The summed E-state index contributed by atoms with van der Waals surface area (Å²) in [6.45, 7) is 0.402. The fraction of sp³-hybridized carbons (Fsp3) is 0.0500. The van der Waals surface area contributed by atoms with Gasteiger partial charge in [0, 0.05) is 42.3 Å². The summed E-state index contributed by atoms with van der Waals surface area (Å²) in [7, 11) is 0. The summed E-state index contributed by atoms with van der Waals surface area (Å²) >= 11 is 0. The van der Waals surface area contributed by atoms with E-state index in [1.165, 1.54) is 18.2 Å². The summed E-state index contributed by atoms with van der Waals surface area (Å²) in [5.41, 5.74) is 2.63. The molecule has 0 unspecified atom stereocenters. The van der Waals surface area contributed by atoms with Crippen molar-refractivity contribution in [2.24, 2.45) is 0 Å². The number of nitriles is 1. The van der Waals surface area contributed by atoms with Crippen LogP contribution in [0.3, 0.4) is 0 Å². The summed E-state index contributed by atoms with van der Waals surface area (Å²) in [5, 5.41) is 25.8. The van der Waals surface area contributed by atoms with Crippen LogP contribution in [0.2, 0.25) is 0 Å². The number of nitro groups is 1. The van der Waals surface area contributed by atoms with Gasteiger partial charge in [-0.05, 0) is 35.9 Å². The van der Waals surface area contributed by atoms with Crippen LogP contribution in [-0.2, 0) is 6.54 Å². The lowest BCUT2D eigenvalue weighted by molar-refractivity contribution is -0.384. The van der Waals surface area contributed by atoms with Crippen LogP contribution >= 0.6 is 0 Å². The monoisotopic (exact) mass is 373 g/mol. The molecule has 2 N–H and O–H groups in total. The van der Waals surface area contributed by atoms with E-state index in [1.807, 2.05) is 6.07 Å². The molecule has 1 amide bonds. The Hall–Kier alpha value is -4.25. The molecule has 8 nitrogen and oxygen atoms in total. The number of hydrogen-bond acceptors (Lipinski definition) is 6. The second-order valence-electron chi connectivity index (χ2n) is 5.84. The van der Waals surface area contributed by atoms with Crippen molar-refractivity contribution in [1.82, 2.24) is 4.98 Å². The second kappa shape index (κ2) is 8.42. The first-order valence-electron chi connectivity index (χ1n) is 8.29. The van der Waals surface area contributed by atoms with Crippen molar-refractivity contribution in [2.45, 2.75) is 6.54 Å². The highest BCUT2D eigenvalue weighted by atomic mass is 16.6. The molecular weight excluding hydrogens is 358 g/mol. The predicted octanol–water partition coefficient (Wildman–Crippen LogP) is 3.73. The summed E-state index contributed by atoms with van der Waals surface area (Å²) in [5.74, 6) is -0.229. The number of aromatic nitrogens is 1. The van der Waals surface area contributed by atoms with Gasteiger partial charge in [0.2, 0.25) is 0 Å². The molecule has 3 aromatic rings. The average Bonchev–Trinajstić information content (AvgIpc) is 2.73. The first-order valence-corrected chi connectivity index (χ1v) is 8.29. The lowest BCUT2D eigenvalue weighted by atomic mass is 10.1. The minimum atomic E-state index is -0.541. The Balaban J connectivity index is 1.64. The van der Waals surface area contributed by atoms with Crippen LogP contribution in [0.25, 0.3) is 0 Å². The number of anilines is 2. The predicted molar refractivity (Wildman–Crippen MR) is 104 cm³/mol. The van der Waals surface area contributed by atoms with Gasteiger partial charge in [0.05, 0.1) is 16.2 Å². The number of nitrogens with zero attached hydrogens (tertiary/aromatic N) is 3. The fourth-order valence-electron chi connectivity index (χ4n) is 2.50. The molecule has 0 atom stereocenters. The molecule has 1 aromatic heterocycles. The molecule has 138 valence electrons. The van der Waals surface area contributed by atoms with Gasteiger partial charge in [0.1, 0.15) is 6.07 Å². The van der Waals surface area contributed by atoms with E-state index in [9.17, 15) is 20.2 Å². The number of nitro benzene ring substituents is 1. The zero-order chi connectivity index (χ0) is 19.9. The average molecular weight is 373 g/mol. The maximum absolute atomic E-state index is 12.2. The third-order valence-corrected chi connectivity index (χ3v) is 3.97. The quantitative estimate of drug-likeness (QED) is 0.502. The summed E-state index contributed by atoms with van der Waals surface area (Å²) in [4.78, 5) is 26.4. The van der Waals surface area contributed by atoms with Gasteiger partial charge in [-0.25, -0.2) is 0 Å². The largest absolute Gasteiger partial charge is 0.380 e. The molecule has 0 spiro atoms. The molecule has 0 bridgehead atoms. The van der Waals surface area contributed by atoms with Gasteiger partial charge in [-0.2, -0.15) is 5.26 Å². The number of nitrogens with one attached hydrogen (secondary N) is 2.